The highest BCUT2D eigenvalue weighted by molar-refractivity contribution is 5.97. The van der Waals surface area contributed by atoms with E-state index in [2.05, 4.69) is 25.4 Å². The van der Waals surface area contributed by atoms with Crippen LogP contribution in [-0.2, 0) is 4.65 Å². The summed E-state index contributed by atoms with van der Waals surface area (Å²) in [5, 5.41) is 0. The summed E-state index contributed by atoms with van der Waals surface area (Å²) < 4.78 is 4.25. The molecule has 0 unspecified atom stereocenters. The first-order valence-electron chi connectivity index (χ1n) is 3.09. The predicted octanol–water partition coefficient (Wildman–Crippen LogP) is 1.23. The molecule has 8 heavy (non-hydrogen) atoms. The fourth-order valence-corrected chi connectivity index (χ4v) is 0. The summed E-state index contributed by atoms with van der Waals surface area (Å²) in [6.45, 7) is 6.64. The average Bonchev–Trinajstić information content (AvgIpc) is 1.69. The van der Waals surface area contributed by atoms with Gasteiger partial charge in [-0.15, -0.1) is 0 Å². The highest BCUT2D eigenvalue weighted by Gasteiger charge is 1.80. The first-order valence-corrected chi connectivity index (χ1v) is 3.09. The minimum Gasteiger partial charge on any atom is -0.447 e. The molecule has 0 aliphatic carbocycles. The van der Waals surface area contributed by atoms with Crippen molar-refractivity contribution in [2.75, 3.05) is 7.11 Å². The summed E-state index contributed by atoms with van der Waals surface area (Å²) in [7, 11) is 3.25. The summed E-state index contributed by atoms with van der Waals surface area (Å²) >= 11 is 0. The maximum Gasteiger partial charge on any atom is 0.256 e. The van der Waals surface area contributed by atoms with Crippen LogP contribution in [0.3, 0.4) is 0 Å². The smallest absolute Gasteiger partial charge is 0.256 e. The second-order valence-electron chi connectivity index (χ2n) is 2.21. The second-order valence-corrected chi connectivity index (χ2v) is 2.21. The van der Waals surface area contributed by atoms with Gasteiger partial charge in [-0.05, 0) is 5.92 Å². The lowest BCUT2D eigenvalue weighted by molar-refractivity contribution is 0.460. The van der Waals surface area contributed by atoms with Crippen molar-refractivity contribution in [1.29, 1.82) is 0 Å². The molecular formula is C6H17BO. The highest BCUT2D eigenvalue weighted by Crippen LogP contribution is 1.93. The zero-order valence-corrected chi connectivity index (χ0v) is 6.69. The van der Waals surface area contributed by atoms with Crippen molar-refractivity contribution in [3.05, 3.63) is 0 Å². The lowest BCUT2D eigenvalue weighted by atomic mass is 10.2. The van der Waals surface area contributed by atoms with Gasteiger partial charge in [0, 0.05) is 7.11 Å². The summed E-state index contributed by atoms with van der Waals surface area (Å²) in [5.74, 6) is 0.884. The van der Waals surface area contributed by atoms with Crippen LogP contribution >= 0.6 is 0 Å². The van der Waals surface area contributed by atoms with E-state index in [-0.39, 0.29) is 0 Å². The van der Waals surface area contributed by atoms with E-state index in [9.17, 15) is 0 Å². The molecule has 0 heterocycles. The predicted molar refractivity (Wildman–Crippen MR) is 40.7 cm³/mol. The average molecular weight is 116 g/mol. The van der Waals surface area contributed by atoms with Gasteiger partial charge in [-0.2, -0.15) is 0 Å². The van der Waals surface area contributed by atoms with Crippen molar-refractivity contribution < 1.29 is 4.65 Å². The highest BCUT2D eigenvalue weighted by atomic mass is 16.4. The second kappa shape index (κ2) is 10.1. The molecular weight excluding hydrogens is 98.9 g/mol. The van der Waals surface area contributed by atoms with E-state index in [4.69, 9.17) is 0 Å². The van der Waals surface area contributed by atoms with Crippen LogP contribution in [0.15, 0.2) is 0 Å². The third-order valence-corrected chi connectivity index (χ3v) is 0.816. The Kier molecular flexibility index (Phi) is 13.8. The normalized spacial score (nSPS) is 8.12. The molecule has 2 heteroatoms. The third-order valence-electron chi connectivity index (χ3n) is 0.816. The van der Waals surface area contributed by atoms with Gasteiger partial charge in [0.15, 0.2) is 0 Å². The number of rotatable bonds is 1. The van der Waals surface area contributed by atoms with Crippen LogP contribution in [-0.4, -0.2) is 15.2 Å². The van der Waals surface area contributed by atoms with E-state index >= 15 is 0 Å². The molecule has 0 aromatic carbocycles. The summed E-state index contributed by atoms with van der Waals surface area (Å²) in [4.78, 5) is 0. The van der Waals surface area contributed by atoms with E-state index in [1.807, 2.05) is 0 Å². The van der Waals surface area contributed by atoms with Gasteiger partial charge in [-0.25, -0.2) is 0 Å². The Bertz CT molecular complexity index is 29.7. The lowest BCUT2D eigenvalue weighted by Crippen LogP contribution is -1.77. The van der Waals surface area contributed by atoms with Crippen LogP contribution in [0.1, 0.15) is 27.2 Å². The molecule has 1 nitrogen and oxygen atoms in total. The van der Waals surface area contributed by atoms with Crippen LogP contribution < -0.4 is 0 Å². The molecule has 0 aromatic heterocycles. The molecule has 0 rings (SSSR count). The SMILES string of the molecule is BOC.CCC(C)C. The molecule has 0 radical (unpaired) electrons. The molecule has 0 spiro atoms. The van der Waals surface area contributed by atoms with E-state index in [0.717, 1.165) is 5.92 Å². The molecule has 0 N–H and O–H groups in total. The van der Waals surface area contributed by atoms with Crippen molar-refractivity contribution in [3.63, 3.8) is 0 Å². The molecule has 0 amide bonds. The Morgan fingerprint density at radius 1 is 1.50 bits per heavy atom. The molecule has 0 aliphatic heterocycles. The first kappa shape index (κ1) is 10.9. The van der Waals surface area contributed by atoms with Crippen molar-refractivity contribution in [1.82, 2.24) is 0 Å². The number of hydrogen-bond acceptors (Lipinski definition) is 1. The molecule has 0 aliphatic rings. The topological polar surface area (TPSA) is 9.23 Å². The van der Waals surface area contributed by atoms with Gasteiger partial charge in [0.25, 0.3) is 8.05 Å². The standard InChI is InChI=1S/C5H12.CH5BO/c1-4-5(2)3;1-3-2/h5H,4H2,1-3H3;2H2,1H3. The maximum atomic E-state index is 4.25. The van der Waals surface area contributed by atoms with Gasteiger partial charge in [-0.3, -0.25) is 0 Å². The minimum atomic E-state index is 0.884. The largest absolute Gasteiger partial charge is 0.447 e. The van der Waals surface area contributed by atoms with Gasteiger partial charge < -0.3 is 4.65 Å². The van der Waals surface area contributed by atoms with Crippen LogP contribution in [0.2, 0.25) is 0 Å². The molecule has 0 bridgehead atoms. The minimum absolute atomic E-state index is 0.884. The van der Waals surface area contributed by atoms with Crippen molar-refractivity contribution in [2.45, 2.75) is 27.2 Å². The number of hydrogen-bond donors (Lipinski definition) is 0. The van der Waals surface area contributed by atoms with Gasteiger partial charge >= 0.3 is 0 Å². The Balaban J connectivity index is 0. The Morgan fingerprint density at radius 3 is 1.62 bits per heavy atom. The van der Waals surface area contributed by atoms with Crippen LogP contribution in [0.5, 0.6) is 0 Å². The monoisotopic (exact) mass is 116 g/mol. The fourth-order valence-electron chi connectivity index (χ4n) is 0. The van der Waals surface area contributed by atoms with Crippen LogP contribution in [0.25, 0.3) is 0 Å². The Morgan fingerprint density at radius 2 is 1.62 bits per heavy atom. The van der Waals surface area contributed by atoms with Crippen LogP contribution in [0, 0.1) is 5.92 Å². The zero-order valence-electron chi connectivity index (χ0n) is 6.69. The molecule has 0 saturated carbocycles. The van der Waals surface area contributed by atoms with Gasteiger partial charge in [0.1, 0.15) is 0 Å². The van der Waals surface area contributed by atoms with Gasteiger partial charge in [0.05, 0.1) is 0 Å². The van der Waals surface area contributed by atoms with Crippen molar-refractivity contribution in [3.8, 4) is 0 Å². The third kappa shape index (κ3) is 37.1. The van der Waals surface area contributed by atoms with E-state index < -0.39 is 0 Å². The van der Waals surface area contributed by atoms with Crippen molar-refractivity contribution in [2.24, 2.45) is 5.92 Å². The first-order chi connectivity index (χ1) is 3.68. The van der Waals surface area contributed by atoms with E-state index in [1.54, 1.807) is 15.2 Å². The Hall–Kier alpha value is 0.0249. The van der Waals surface area contributed by atoms with Crippen LogP contribution in [0.4, 0.5) is 0 Å². The van der Waals surface area contributed by atoms with E-state index in [1.165, 1.54) is 6.42 Å². The lowest BCUT2D eigenvalue weighted by Gasteiger charge is -1.90. The van der Waals surface area contributed by atoms with Crippen molar-refractivity contribution >= 4 is 8.05 Å². The Labute approximate surface area is 53.9 Å². The fraction of sp³-hybridized carbons (Fsp3) is 1.00. The summed E-state index contributed by atoms with van der Waals surface area (Å²) in [5.41, 5.74) is 0. The summed E-state index contributed by atoms with van der Waals surface area (Å²) in [6.07, 6.45) is 1.31. The molecule has 0 fully saturated rings. The maximum absolute atomic E-state index is 4.25. The summed E-state index contributed by atoms with van der Waals surface area (Å²) in [6, 6.07) is 0. The van der Waals surface area contributed by atoms with E-state index in [0.29, 0.717) is 0 Å². The van der Waals surface area contributed by atoms with Gasteiger partial charge in [0.2, 0.25) is 0 Å². The molecule has 0 saturated heterocycles. The molecule has 0 aromatic rings. The quantitative estimate of drug-likeness (QED) is 0.468. The molecule has 50 valence electrons. The van der Waals surface area contributed by atoms with Gasteiger partial charge in [-0.1, -0.05) is 27.2 Å². The molecule has 0 atom stereocenters. The zero-order chi connectivity index (χ0) is 6.99.